The molecule has 1 atom stereocenters. The van der Waals surface area contributed by atoms with Crippen LogP contribution in [0.5, 0.6) is 5.75 Å². The van der Waals surface area contributed by atoms with Crippen LogP contribution in [-0.2, 0) is 12.8 Å². The van der Waals surface area contributed by atoms with Gasteiger partial charge in [0.15, 0.2) is 11.6 Å². The highest BCUT2D eigenvalue weighted by Crippen LogP contribution is 2.26. The van der Waals surface area contributed by atoms with Crippen LogP contribution in [0, 0.1) is 12.7 Å². The van der Waals surface area contributed by atoms with Crippen molar-refractivity contribution in [2.75, 3.05) is 11.9 Å². The van der Waals surface area contributed by atoms with Crippen LogP contribution >= 0.6 is 0 Å². The number of anilines is 1. The molecule has 3 aromatic rings. The number of ether oxygens (including phenoxy) is 1. The zero-order valence-electron chi connectivity index (χ0n) is 16.8. The van der Waals surface area contributed by atoms with E-state index in [9.17, 15) is 13.2 Å². The Kier molecular flexibility index (Phi) is 7.21. The molecule has 0 saturated heterocycles. The van der Waals surface area contributed by atoms with Crippen LogP contribution in [-0.4, -0.2) is 27.6 Å². The minimum absolute atomic E-state index is 0.211. The largest absolute Gasteiger partial charge is 0.488 e. The third kappa shape index (κ3) is 5.68. The van der Waals surface area contributed by atoms with Crippen molar-refractivity contribution in [3.63, 3.8) is 0 Å². The van der Waals surface area contributed by atoms with E-state index in [0.717, 1.165) is 11.8 Å². The number of aromatic nitrogens is 3. The summed E-state index contributed by atoms with van der Waals surface area (Å²) in [5.74, 6) is 0.617. The Balaban J connectivity index is 1.67. The molecule has 1 N–H and O–H groups in total. The van der Waals surface area contributed by atoms with E-state index in [1.165, 1.54) is 12.1 Å². The second kappa shape index (κ2) is 10.0. The predicted molar refractivity (Wildman–Crippen MR) is 108 cm³/mol. The van der Waals surface area contributed by atoms with Gasteiger partial charge in [-0.25, -0.2) is 23.1 Å². The van der Waals surface area contributed by atoms with Gasteiger partial charge >= 0.3 is 0 Å². The monoisotopic (exact) mass is 416 g/mol. The number of pyridine rings is 1. The van der Waals surface area contributed by atoms with Gasteiger partial charge in [0.2, 0.25) is 0 Å². The van der Waals surface area contributed by atoms with E-state index in [-0.39, 0.29) is 18.0 Å². The van der Waals surface area contributed by atoms with Gasteiger partial charge in [-0.2, -0.15) is 0 Å². The number of rotatable bonds is 9. The number of alkyl halides is 2. The molecule has 2 aromatic heterocycles. The van der Waals surface area contributed by atoms with Crippen molar-refractivity contribution in [1.82, 2.24) is 15.0 Å². The van der Waals surface area contributed by atoms with E-state index in [0.29, 0.717) is 30.4 Å². The molecule has 158 valence electrons. The van der Waals surface area contributed by atoms with Crippen molar-refractivity contribution < 1.29 is 17.9 Å². The van der Waals surface area contributed by atoms with Crippen LogP contribution in [0.1, 0.15) is 36.0 Å². The van der Waals surface area contributed by atoms with E-state index in [1.54, 1.807) is 19.3 Å². The van der Waals surface area contributed by atoms with Gasteiger partial charge in [-0.15, -0.1) is 0 Å². The number of halogens is 3. The van der Waals surface area contributed by atoms with Crippen molar-refractivity contribution in [2.45, 2.75) is 39.2 Å². The first-order valence-corrected chi connectivity index (χ1v) is 9.62. The fourth-order valence-corrected chi connectivity index (χ4v) is 3.02. The molecule has 30 heavy (non-hydrogen) atoms. The highest BCUT2D eigenvalue weighted by Gasteiger charge is 2.18. The number of nitrogens with one attached hydrogen (secondary N) is 1. The van der Waals surface area contributed by atoms with E-state index in [1.807, 2.05) is 25.1 Å². The SMILES string of the molecule is Cc1ncc(OCCc2ccccn2)c(NC(C)Cc2cccc(C(F)F)c2F)n1. The van der Waals surface area contributed by atoms with Crippen LogP contribution in [0.15, 0.2) is 48.8 Å². The Bertz CT molecular complexity index is 970. The molecule has 0 bridgehead atoms. The normalized spacial score (nSPS) is 12.1. The van der Waals surface area contributed by atoms with Crippen molar-refractivity contribution >= 4 is 5.82 Å². The van der Waals surface area contributed by atoms with Gasteiger partial charge < -0.3 is 10.1 Å². The quantitative estimate of drug-likeness (QED) is 0.536. The lowest BCUT2D eigenvalue weighted by Crippen LogP contribution is -2.21. The number of hydrogen-bond donors (Lipinski definition) is 1. The molecule has 5 nitrogen and oxygen atoms in total. The molecule has 1 aromatic carbocycles. The Labute approximate surface area is 173 Å². The molecule has 3 rings (SSSR count). The molecular weight excluding hydrogens is 393 g/mol. The lowest BCUT2D eigenvalue weighted by atomic mass is 10.0. The number of hydrogen-bond acceptors (Lipinski definition) is 5. The maximum Gasteiger partial charge on any atom is 0.266 e. The second-order valence-corrected chi connectivity index (χ2v) is 6.92. The van der Waals surface area contributed by atoms with Crippen LogP contribution in [0.25, 0.3) is 0 Å². The van der Waals surface area contributed by atoms with Gasteiger partial charge in [0.25, 0.3) is 6.43 Å². The third-order valence-corrected chi connectivity index (χ3v) is 4.47. The zero-order valence-corrected chi connectivity index (χ0v) is 16.8. The molecule has 1 unspecified atom stereocenters. The molecule has 0 amide bonds. The molecule has 2 heterocycles. The molecule has 8 heteroatoms. The van der Waals surface area contributed by atoms with Gasteiger partial charge in [-0.3, -0.25) is 4.98 Å². The Morgan fingerprint density at radius 3 is 2.67 bits per heavy atom. The van der Waals surface area contributed by atoms with E-state index >= 15 is 0 Å². The lowest BCUT2D eigenvalue weighted by Gasteiger charge is -2.18. The van der Waals surface area contributed by atoms with Crippen molar-refractivity contribution in [1.29, 1.82) is 0 Å². The van der Waals surface area contributed by atoms with Crippen LogP contribution in [0.4, 0.5) is 19.0 Å². The lowest BCUT2D eigenvalue weighted by molar-refractivity contribution is 0.146. The molecule has 0 spiro atoms. The molecule has 0 aliphatic heterocycles. The van der Waals surface area contributed by atoms with Gasteiger partial charge in [-0.1, -0.05) is 24.3 Å². The average molecular weight is 416 g/mol. The summed E-state index contributed by atoms with van der Waals surface area (Å²) < 4.78 is 46.0. The van der Waals surface area contributed by atoms with Crippen molar-refractivity contribution in [3.05, 3.63) is 77.3 Å². The van der Waals surface area contributed by atoms with E-state index < -0.39 is 17.8 Å². The van der Waals surface area contributed by atoms with Gasteiger partial charge in [0, 0.05) is 24.4 Å². The average Bonchev–Trinajstić information content (AvgIpc) is 2.72. The minimum atomic E-state index is -2.85. The third-order valence-electron chi connectivity index (χ3n) is 4.47. The first-order chi connectivity index (χ1) is 14.4. The van der Waals surface area contributed by atoms with Gasteiger partial charge in [-0.05, 0) is 38.0 Å². The fraction of sp³-hybridized carbons (Fsp3) is 0.318. The summed E-state index contributed by atoms with van der Waals surface area (Å²) in [7, 11) is 0. The summed E-state index contributed by atoms with van der Waals surface area (Å²) in [5.41, 5.74) is 0.537. The summed E-state index contributed by atoms with van der Waals surface area (Å²) in [6.45, 7) is 3.96. The molecular formula is C22H23F3N4O. The molecule has 0 radical (unpaired) electrons. The zero-order chi connectivity index (χ0) is 21.5. The Morgan fingerprint density at radius 1 is 1.10 bits per heavy atom. The molecule has 0 aliphatic carbocycles. The minimum Gasteiger partial charge on any atom is -0.488 e. The van der Waals surface area contributed by atoms with Crippen molar-refractivity contribution in [3.8, 4) is 5.75 Å². The summed E-state index contributed by atoms with van der Waals surface area (Å²) in [6.07, 6.45) is 1.28. The second-order valence-electron chi connectivity index (χ2n) is 6.92. The first-order valence-electron chi connectivity index (χ1n) is 9.62. The van der Waals surface area contributed by atoms with E-state index in [4.69, 9.17) is 4.74 Å². The van der Waals surface area contributed by atoms with Gasteiger partial charge in [0.05, 0.1) is 18.4 Å². The smallest absolute Gasteiger partial charge is 0.266 e. The fourth-order valence-electron chi connectivity index (χ4n) is 3.02. The maximum atomic E-state index is 14.3. The molecule has 0 fully saturated rings. The van der Waals surface area contributed by atoms with Crippen LogP contribution in [0.2, 0.25) is 0 Å². The highest BCUT2D eigenvalue weighted by atomic mass is 19.3. The van der Waals surface area contributed by atoms with Crippen LogP contribution < -0.4 is 10.1 Å². The first kappa shape index (κ1) is 21.5. The number of benzene rings is 1. The maximum absolute atomic E-state index is 14.3. The number of nitrogens with zero attached hydrogens (tertiary/aromatic N) is 3. The molecule has 0 saturated carbocycles. The van der Waals surface area contributed by atoms with Crippen molar-refractivity contribution in [2.24, 2.45) is 0 Å². The standard InChI is InChI=1S/C22H23F3N4O/c1-14(12-16-6-5-8-18(20(16)23)21(24)25)28-22-19(13-27-15(2)29-22)30-11-9-17-7-3-4-10-26-17/h3-8,10,13-14,21H,9,11-12H2,1-2H3,(H,27,28,29). The summed E-state index contributed by atoms with van der Waals surface area (Å²) in [6, 6.07) is 9.44. The summed E-state index contributed by atoms with van der Waals surface area (Å²) in [4.78, 5) is 12.8. The van der Waals surface area contributed by atoms with E-state index in [2.05, 4.69) is 20.3 Å². The van der Waals surface area contributed by atoms with Crippen LogP contribution in [0.3, 0.4) is 0 Å². The predicted octanol–water partition coefficient (Wildman–Crippen LogP) is 4.92. The Morgan fingerprint density at radius 2 is 1.93 bits per heavy atom. The Hall–Kier alpha value is -3.16. The summed E-state index contributed by atoms with van der Waals surface area (Å²) in [5, 5.41) is 3.18. The molecule has 0 aliphatic rings. The summed E-state index contributed by atoms with van der Waals surface area (Å²) >= 11 is 0. The highest BCUT2D eigenvalue weighted by molar-refractivity contribution is 5.49. The van der Waals surface area contributed by atoms with Gasteiger partial charge in [0.1, 0.15) is 11.6 Å². The topological polar surface area (TPSA) is 59.9 Å². The number of aryl methyl sites for hydroxylation is 1.